The highest BCUT2D eigenvalue weighted by Gasteiger charge is 2.27. The van der Waals surface area contributed by atoms with Gasteiger partial charge in [-0.1, -0.05) is 189 Å². The van der Waals surface area contributed by atoms with Gasteiger partial charge in [0.15, 0.2) is 6.10 Å². The summed E-state index contributed by atoms with van der Waals surface area (Å²) >= 11 is 0. The Morgan fingerprint density at radius 2 is 0.919 bits per heavy atom. The first kappa shape index (κ1) is 59.5. The van der Waals surface area contributed by atoms with Crippen LogP contribution in [0.25, 0.3) is 0 Å². The maximum absolute atomic E-state index is 12.7. The van der Waals surface area contributed by atoms with E-state index >= 15 is 0 Å². The van der Waals surface area contributed by atoms with E-state index in [1.807, 2.05) is 21.1 Å². The number of rotatable bonds is 44. The van der Waals surface area contributed by atoms with E-state index in [4.69, 9.17) is 18.5 Å². The molecule has 1 N–H and O–H groups in total. The van der Waals surface area contributed by atoms with Crippen LogP contribution in [-0.4, -0.2) is 74.9 Å². The van der Waals surface area contributed by atoms with Crippen LogP contribution < -0.4 is 0 Å². The molecule has 0 aromatic rings. The Morgan fingerprint density at radius 3 is 1.37 bits per heavy atom. The molecule has 0 aromatic heterocycles. The molecule has 0 aromatic carbocycles. The first-order chi connectivity index (χ1) is 30.0. The molecular formula is C52H93NO8P+. The average Bonchev–Trinajstić information content (AvgIpc) is 3.23. The number of phosphoric ester groups is 1. The Balaban J connectivity index is 4.35. The van der Waals surface area contributed by atoms with Crippen LogP contribution in [0.2, 0.25) is 0 Å². The van der Waals surface area contributed by atoms with Crippen LogP contribution in [0.3, 0.4) is 0 Å². The molecule has 0 aliphatic heterocycles. The first-order valence-corrected chi connectivity index (χ1v) is 26.2. The van der Waals surface area contributed by atoms with Gasteiger partial charge < -0.3 is 18.9 Å². The van der Waals surface area contributed by atoms with Crippen molar-refractivity contribution in [1.29, 1.82) is 0 Å². The number of carbonyl (C=O) groups is 2. The van der Waals surface area contributed by atoms with Gasteiger partial charge in [0, 0.05) is 12.8 Å². The summed E-state index contributed by atoms with van der Waals surface area (Å²) in [5.41, 5.74) is 0. The number of phosphoric acid groups is 1. The molecule has 2 unspecified atom stereocenters. The second kappa shape index (κ2) is 43.7. The largest absolute Gasteiger partial charge is 0.472 e. The number of allylic oxidation sites excluding steroid dienone is 12. The molecule has 0 bridgehead atoms. The standard InChI is InChI=1S/C52H92NO8P/c1-6-8-10-12-14-16-18-20-22-23-24-25-26-27-28-29-31-33-35-37-39-41-43-45-52(55)61-50(49-60-62(56,57)59-47-46-53(3,4)5)48-58-51(54)44-42-40-38-36-34-32-30-21-19-17-15-13-11-9-7-2/h8,10,14,16,20,22,24-25,27-28,31,33,50H,6-7,9,11-13,15,17-19,21,23,26,29-30,32,34-49H2,1-5H3/p+1/b10-8-,16-14-,22-20-,25-24-,28-27-,33-31-. The number of hydrogen-bond acceptors (Lipinski definition) is 7. The molecule has 0 radical (unpaired) electrons. The van der Waals surface area contributed by atoms with E-state index in [1.165, 1.54) is 77.0 Å². The summed E-state index contributed by atoms with van der Waals surface area (Å²) in [5.74, 6) is -0.827. The van der Waals surface area contributed by atoms with Gasteiger partial charge >= 0.3 is 19.8 Å². The van der Waals surface area contributed by atoms with Crippen molar-refractivity contribution < 1.29 is 42.1 Å². The van der Waals surface area contributed by atoms with E-state index < -0.39 is 26.5 Å². The van der Waals surface area contributed by atoms with Crippen molar-refractivity contribution in [3.63, 3.8) is 0 Å². The van der Waals surface area contributed by atoms with E-state index in [-0.39, 0.29) is 32.0 Å². The third-order valence-electron chi connectivity index (χ3n) is 10.3. The molecule has 0 saturated carbocycles. The van der Waals surface area contributed by atoms with Crippen LogP contribution in [0.4, 0.5) is 0 Å². The quantitative estimate of drug-likeness (QED) is 0.0212. The van der Waals surface area contributed by atoms with Gasteiger partial charge in [-0.05, 0) is 64.2 Å². The molecule has 0 aliphatic carbocycles. The maximum Gasteiger partial charge on any atom is 0.472 e. The van der Waals surface area contributed by atoms with E-state index in [0.717, 1.165) is 83.5 Å². The van der Waals surface area contributed by atoms with Gasteiger partial charge in [-0.15, -0.1) is 0 Å². The average molecular weight is 891 g/mol. The van der Waals surface area contributed by atoms with E-state index in [1.54, 1.807) is 0 Å². The zero-order valence-electron chi connectivity index (χ0n) is 40.3. The van der Waals surface area contributed by atoms with Crippen molar-refractivity contribution in [3.05, 3.63) is 72.9 Å². The van der Waals surface area contributed by atoms with Gasteiger partial charge in [0.25, 0.3) is 0 Å². The Kier molecular flexibility index (Phi) is 41.9. The third-order valence-corrected chi connectivity index (χ3v) is 11.2. The minimum atomic E-state index is -4.39. The normalized spacial score (nSPS) is 14.1. The molecule has 62 heavy (non-hydrogen) atoms. The van der Waals surface area contributed by atoms with Crippen LogP contribution in [0.1, 0.15) is 194 Å². The van der Waals surface area contributed by atoms with Gasteiger partial charge in [0.1, 0.15) is 19.8 Å². The van der Waals surface area contributed by atoms with Crippen molar-refractivity contribution >= 4 is 19.8 Å². The highest BCUT2D eigenvalue weighted by Crippen LogP contribution is 2.43. The van der Waals surface area contributed by atoms with Crippen LogP contribution in [0.15, 0.2) is 72.9 Å². The summed E-state index contributed by atoms with van der Waals surface area (Å²) in [4.78, 5) is 35.5. The van der Waals surface area contributed by atoms with Crippen molar-refractivity contribution in [1.82, 2.24) is 0 Å². The zero-order valence-corrected chi connectivity index (χ0v) is 41.2. The Morgan fingerprint density at radius 1 is 0.516 bits per heavy atom. The SMILES string of the molecule is CC/C=C\C/C=C\C/C=C\C/C=C\C/C=C\C/C=C\CCCCCCC(=O)OC(COC(=O)CCCCCCCCCCCCCCCCC)COP(=O)(O)OCC[N+](C)(C)C. The molecule has 0 heterocycles. The molecule has 0 amide bonds. The molecular weight excluding hydrogens is 798 g/mol. The molecule has 0 aliphatic rings. The summed E-state index contributed by atoms with van der Waals surface area (Å²) < 4.78 is 34.4. The fourth-order valence-electron chi connectivity index (χ4n) is 6.43. The molecule has 0 saturated heterocycles. The number of carbonyl (C=O) groups excluding carboxylic acids is 2. The molecule has 358 valence electrons. The van der Waals surface area contributed by atoms with Gasteiger partial charge in [-0.3, -0.25) is 18.6 Å². The maximum atomic E-state index is 12.7. The van der Waals surface area contributed by atoms with Crippen LogP contribution in [0, 0.1) is 0 Å². The zero-order chi connectivity index (χ0) is 45.7. The summed E-state index contributed by atoms with van der Waals surface area (Å²) in [7, 11) is 1.45. The van der Waals surface area contributed by atoms with E-state index in [2.05, 4.69) is 86.8 Å². The lowest BCUT2D eigenvalue weighted by Crippen LogP contribution is -2.37. The molecule has 2 atom stereocenters. The number of nitrogens with zero attached hydrogens (tertiary/aromatic N) is 1. The Labute approximate surface area is 380 Å². The van der Waals surface area contributed by atoms with Crippen LogP contribution in [-0.2, 0) is 32.7 Å². The predicted octanol–water partition coefficient (Wildman–Crippen LogP) is 14.6. The number of ether oxygens (including phenoxy) is 2. The lowest BCUT2D eigenvalue weighted by molar-refractivity contribution is -0.870. The van der Waals surface area contributed by atoms with E-state index in [9.17, 15) is 19.0 Å². The number of esters is 2. The van der Waals surface area contributed by atoms with Crippen LogP contribution in [0.5, 0.6) is 0 Å². The lowest BCUT2D eigenvalue weighted by atomic mass is 10.0. The van der Waals surface area contributed by atoms with E-state index in [0.29, 0.717) is 17.4 Å². The predicted molar refractivity (Wildman–Crippen MR) is 261 cm³/mol. The van der Waals surface area contributed by atoms with Crippen LogP contribution >= 0.6 is 7.82 Å². The molecule has 0 rings (SSSR count). The molecule has 0 fully saturated rings. The second-order valence-corrected chi connectivity index (χ2v) is 18.9. The minimum Gasteiger partial charge on any atom is -0.462 e. The Hall–Kier alpha value is -2.55. The fraction of sp³-hybridized carbons (Fsp3) is 0.731. The van der Waals surface area contributed by atoms with Crippen molar-refractivity contribution in [2.24, 2.45) is 0 Å². The fourth-order valence-corrected chi connectivity index (χ4v) is 7.17. The van der Waals surface area contributed by atoms with Gasteiger partial charge in [0.2, 0.25) is 0 Å². The second-order valence-electron chi connectivity index (χ2n) is 17.5. The molecule has 9 nitrogen and oxygen atoms in total. The monoisotopic (exact) mass is 891 g/mol. The summed E-state index contributed by atoms with van der Waals surface area (Å²) in [6.45, 7) is 4.28. The van der Waals surface area contributed by atoms with Crippen molar-refractivity contribution in [2.45, 2.75) is 200 Å². The summed E-state index contributed by atoms with van der Waals surface area (Å²) in [6, 6.07) is 0. The van der Waals surface area contributed by atoms with Gasteiger partial charge in [0.05, 0.1) is 27.7 Å². The highest BCUT2D eigenvalue weighted by molar-refractivity contribution is 7.47. The van der Waals surface area contributed by atoms with Gasteiger partial charge in [-0.25, -0.2) is 4.57 Å². The lowest BCUT2D eigenvalue weighted by Gasteiger charge is -2.24. The summed E-state index contributed by atoms with van der Waals surface area (Å²) in [6.07, 6.45) is 55.2. The number of quaternary nitrogens is 1. The first-order valence-electron chi connectivity index (χ1n) is 24.7. The van der Waals surface area contributed by atoms with Crippen molar-refractivity contribution in [3.8, 4) is 0 Å². The topological polar surface area (TPSA) is 108 Å². The minimum absolute atomic E-state index is 0.0239. The number of unbranched alkanes of at least 4 members (excludes halogenated alkanes) is 18. The Bertz CT molecular complexity index is 1280. The van der Waals surface area contributed by atoms with Crippen molar-refractivity contribution in [2.75, 3.05) is 47.5 Å². The van der Waals surface area contributed by atoms with Gasteiger partial charge in [-0.2, -0.15) is 0 Å². The number of likely N-dealkylation sites (N-methyl/N-ethyl adjacent to an activating group) is 1. The molecule has 10 heteroatoms. The number of hydrogen-bond donors (Lipinski definition) is 1. The smallest absolute Gasteiger partial charge is 0.462 e. The molecule has 0 spiro atoms. The third kappa shape index (κ3) is 46.9. The summed E-state index contributed by atoms with van der Waals surface area (Å²) in [5, 5.41) is 0. The highest BCUT2D eigenvalue weighted by atomic mass is 31.2.